The molecule has 0 aromatic heterocycles. The van der Waals surface area contributed by atoms with Gasteiger partial charge in [-0.3, -0.25) is 9.59 Å². The number of hydrogen-bond donors (Lipinski definition) is 0. The molecule has 0 unspecified atom stereocenters. The molecule has 168 valence electrons. The zero-order chi connectivity index (χ0) is 23.2. The Morgan fingerprint density at radius 2 is 1.45 bits per heavy atom. The lowest BCUT2D eigenvalue weighted by Crippen LogP contribution is -2.34. The molecule has 0 spiro atoms. The molecule has 8 nitrogen and oxygen atoms in total. The minimum absolute atomic E-state index is 0.136. The van der Waals surface area contributed by atoms with Crippen molar-refractivity contribution in [2.45, 2.75) is 26.4 Å². The molecule has 0 aliphatic carbocycles. The van der Waals surface area contributed by atoms with Crippen molar-refractivity contribution >= 4 is 28.8 Å². The molecule has 2 rings (SSSR count). The lowest BCUT2D eigenvalue weighted by Gasteiger charge is -2.25. The van der Waals surface area contributed by atoms with Crippen molar-refractivity contribution in [1.29, 1.82) is 0 Å². The van der Waals surface area contributed by atoms with Crippen molar-refractivity contribution in [3.05, 3.63) is 29.8 Å². The maximum atomic E-state index is 11.6. The van der Waals surface area contributed by atoms with E-state index < -0.39 is 17.5 Å². The van der Waals surface area contributed by atoms with Gasteiger partial charge in [-0.05, 0) is 31.2 Å². The summed E-state index contributed by atoms with van der Waals surface area (Å²) in [6, 6.07) is 5.34. The average molecular weight is 432 g/mol. The van der Waals surface area contributed by atoms with Crippen LogP contribution in [0.15, 0.2) is 24.3 Å². The number of hydrogen-bond acceptors (Lipinski definition) is 8. The smallest absolute Gasteiger partial charge is 0.303 e. The Kier molecular flexibility index (Phi) is 7.74. The molecule has 0 radical (unpaired) electrons. The van der Waals surface area contributed by atoms with Gasteiger partial charge in [0.05, 0.1) is 39.2 Å². The van der Waals surface area contributed by atoms with Crippen LogP contribution in [0.3, 0.4) is 0 Å². The van der Waals surface area contributed by atoms with E-state index in [1.165, 1.54) is 13.8 Å². The Bertz CT molecular complexity index is 995. The quantitative estimate of drug-likeness (QED) is 0.553. The third-order valence-corrected chi connectivity index (χ3v) is 4.57. The second kappa shape index (κ2) is 10.1. The van der Waals surface area contributed by atoms with Crippen LogP contribution in [0.2, 0.25) is 0 Å². The Hall–Kier alpha value is -3.42. The largest absolute Gasteiger partial charge is 0.496 e. The topological polar surface area (TPSA) is 89.5 Å². The van der Waals surface area contributed by atoms with Crippen LogP contribution < -0.4 is 18.9 Å². The summed E-state index contributed by atoms with van der Waals surface area (Å²) >= 11 is 0. The molecule has 0 aliphatic heterocycles. The van der Waals surface area contributed by atoms with Gasteiger partial charge in [-0.15, -0.1) is 0 Å². The van der Waals surface area contributed by atoms with Gasteiger partial charge in [0.2, 0.25) is 0 Å². The van der Waals surface area contributed by atoms with Crippen molar-refractivity contribution in [1.82, 2.24) is 0 Å². The molecular weight excluding hydrogens is 404 g/mol. The third-order valence-electron chi connectivity index (χ3n) is 4.57. The Morgan fingerprint density at radius 3 is 1.94 bits per heavy atom. The van der Waals surface area contributed by atoms with Gasteiger partial charge in [0.1, 0.15) is 29.6 Å². The van der Waals surface area contributed by atoms with Gasteiger partial charge in [0, 0.05) is 19.4 Å². The van der Waals surface area contributed by atoms with Crippen LogP contribution >= 0.6 is 0 Å². The van der Waals surface area contributed by atoms with Crippen LogP contribution in [0.4, 0.5) is 0 Å². The van der Waals surface area contributed by atoms with Gasteiger partial charge in [-0.2, -0.15) is 0 Å². The van der Waals surface area contributed by atoms with E-state index in [2.05, 4.69) is 0 Å². The van der Waals surface area contributed by atoms with Crippen LogP contribution in [0.25, 0.3) is 16.8 Å². The fraction of sp³-hybridized carbons (Fsp3) is 0.391. The Balaban J connectivity index is 2.71. The van der Waals surface area contributed by atoms with Crippen molar-refractivity contribution in [3.63, 3.8) is 0 Å². The molecule has 0 aliphatic rings. The van der Waals surface area contributed by atoms with E-state index in [-0.39, 0.29) is 6.61 Å². The Labute approximate surface area is 181 Å². The highest BCUT2D eigenvalue weighted by Crippen LogP contribution is 2.46. The number of carbonyl (C=O) groups excluding carboxylic acids is 2. The van der Waals surface area contributed by atoms with Crippen molar-refractivity contribution in [3.8, 4) is 23.0 Å². The molecule has 0 bridgehead atoms. The highest BCUT2D eigenvalue weighted by molar-refractivity contribution is 6.04. The molecule has 0 amide bonds. The highest BCUT2D eigenvalue weighted by atomic mass is 16.6. The predicted molar refractivity (Wildman–Crippen MR) is 116 cm³/mol. The zero-order valence-electron chi connectivity index (χ0n) is 18.9. The fourth-order valence-corrected chi connectivity index (χ4v) is 3.25. The fourth-order valence-electron chi connectivity index (χ4n) is 3.25. The van der Waals surface area contributed by atoms with Crippen LogP contribution in [0.1, 0.15) is 26.3 Å². The molecule has 1 atom stereocenters. The van der Waals surface area contributed by atoms with Gasteiger partial charge in [-0.1, -0.05) is 6.08 Å². The van der Waals surface area contributed by atoms with Gasteiger partial charge in [0.25, 0.3) is 0 Å². The lowest BCUT2D eigenvalue weighted by atomic mass is 9.99. The van der Waals surface area contributed by atoms with Crippen molar-refractivity contribution in [2.75, 3.05) is 35.0 Å². The van der Waals surface area contributed by atoms with E-state index in [1.807, 2.05) is 0 Å². The minimum atomic E-state index is -1.18. The third kappa shape index (κ3) is 5.39. The van der Waals surface area contributed by atoms with E-state index in [0.717, 1.165) is 0 Å². The van der Waals surface area contributed by atoms with Crippen molar-refractivity contribution < 1.29 is 38.0 Å². The van der Waals surface area contributed by atoms with Crippen LogP contribution in [-0.4, -0.2) is 52.6 Å². The number of esters is 2. The molecule has 0 saturated heterocycles. The molecule has 0 heterocycles. The van der Waals surface area contributed by atoms with E-state index in [4.69, 9.17) is 28.4 Å². The molecule has 8 heteroatoms. The first kappa shape index (κ1) is 23.9. The summed E-state index contributed by atoms with van der Waals surface area (Å²) in [5.41, 5.74) is -0.539. The van der Waals surface area contributed by atoms with E-state index >= 15 is 0 Å². The van der Waals surface area contributed by atoms with E-state index in [0.29, 0.717) is 39.3 Å². The summed E-state index contributed by atoms with van der Waals surface area (Å²) in [5, 5.41) is 1.36. The molecule has 2 aromatic rings. The number of fused-ring (bicyclic) bond motifs is 1. The summed E-state index contributed by atoms with van der Waals surface area (Å²) in [5.74, 6) is 1.24. The van der Waals surface area contributed by atoms with Crippen LogP contribution in [0.5, 0.6) is 23.0 Å². The van der Waals surface area contributed by atoms with Gasteiger partial charge >= 0.3 is 11.9 Å². The number of rotatable bonds is 9. The first-order valence-electron chi connectivity index (χ1n) is 9.51. The van der Waals surface area contributed by atoms with Crippen molar-refractivity contribution in [2.24, 2.45) is 0 Å². The van der Waals surface area contributed by atoms with Gasteiger partial charge in [0.15, 0.2) is 5.60 Å². The molecule has 0 N–H and O–H groups in total. The SMILES string of the molecule is COc1ccc(OC)c2c(OC)c(/C=C/[C@@](C)(COC(C)=O)OC(C)=O)cc(OC)c12. The highest BCUT2D eigenvalue weighted by Gasteiger charge is 2.27. The minimum Gasteiger partial charge on any atom is -0.496 e. The van der Waals surface area contributed by atoms with Crippen LogP contribution in [-0.2, 0) is 19.1 Å². The predicted octanol–water partition coefficient (Wildman–Crippen LogP) is 3.77. The number of ether oxygens (including phenoxy) is 6. The Morgan fingerprint density at radius 1 is 0.871 bits per heavy atom. The second-order valence-corrected chi connectivity index (χ2v) is 6.94. The summed E-state index contributed by atoms with van der Waals surface area (Å²) in [6.07, 6.45) is 3.35. The summed E-state index contributed by atoms with van der Waals surface area (Å²) in [4.78, 5) is 22.9. The first-order valence-corrected chi connectivity index (χ1v) is 9.51. The summed E-state index contributed by atoms with van der Waals surface area (Å²) in [6.45, 7) is 4.08. The second-order valence-electron chi connectivity index (χ2n) is 6.94. The molecule has 0 fully saturated rings. The number of methoxy groups -OCH3 is 4. The summed E-state index contributed by atoms with van der Waals surface area (Å²) in [7, 11) is 6.23. The molecule has 31 heavy (non-hydrogen) atoms. The van der Waals surface area contributed by atoms with Crippen LogP contribution in [0, 0.1) is 0 Å². The monoisotopic (exact) mass is 432 g/mol. The maximum Gasteiger partial charge on any atom is 0.303 e. The van der Waals surface area contributed by atoms with Gasteiger partial charge in [-0.25, -0.2) is 0 Å². The molecule has 0 saturated carbocycles. The maximum absolute atomic E-state index is 11.6. The van der Waals surface area contributed by atoms with E-state index in [1.54, 1.807) is 65.7 Å². The van der Waals surface area contributed by atoms with E-state index in [9.17, 15) is 9.59 Å². The number of benzene rings is 2. The average Bonchev–Trinajstić information content (AvgIpc) is 2.74. The standard InChI is InChI=1S/C23H28O8/c1-14(24)30-13-23(3,31-15(2)25)11-10-16-12-19(28-6)20-17(26-4)8-9-18(27-5)21(20)22(16)29-7/h8-12H,13H2,1-7H3/b11-10+/t23-/m0/s1. The number of carbonyl (C=O) groups is 2. The van der Waals surface area contributed by atoms with Gasteiger partial charge < -0.3 is 28.4 Å². The molecule has 2 aromatic carbocycles. The first-order chi connectivity index (χ1) is 14.7. The molecular formula is C23H28O8. The summed E-state index contributed by atoms with van der Waals surface area (Å²) < 4.78 is 32.8. The normalized spacial score (nSPS) is 12.9. The zero-order valence-corrected chi connectivity index (χ0v) is 18.9. The lowest BCUT2D eigenvalue weighted by molar-refractivity contribution is -0.162.